The van der Waals surface area contributed by atoms with Crippen molar-refractivity contribution < 1.29 is 9.47 Å². The molecule has 2 heterocycles. The van der Waals surface area contributed by atoms with Crippen molar-refractivity contribution in [2.75, 3.05) is 13.2 Å². The topological polar surface area (TPSA) is 44.2 Å². The molecule has 1 atom stereocenters. The molecule has 1 unspecified atom stereocenters. The summed E-state index contributed by atoms with van der Waals surface area (Å²) < 4.78 is 11.3. The van der Waals surface area contributed by atoms with E-state index in [0.29, 0.717) is 23.5 Å². The number of aromatic nitrogens is 2. The number of hydrogen-bond acceptors (Lipinski definition) is 4. The van der Waals surface area contributed by atoms with Crippen LogP contribution in [0.5, 0.6) is 5.88 Å². The van der Waals surface area contributed by atoms with Crippen LogP contribution in [-0.4, -0.2) is 29.3 Å². The van der Waals surface area contributed by atoms with Crippen molar-refractivity contribution in [2.24, 2.45) is 0 Å². The highest BCUT2D eigenvalue weighted by Crippen LogP contribution is 2.22. The molecule has 1 aromatic heterocycles. The molecule has 0 N–H and O–H groups in total. The van der Waals surface area contributed by atoms with Gasteiger partial charge in [-0.2, -0.15) is 4.98 Å². The zero-order chi connectivity index (χ0) is 12.3. The molecule has 4 nitrogen and oxygen atoms in total. The molecule has 0 radical (unpaired) electrons. The van der Waals surface area contributed by atoms with E-state index in [1.807, 2.05) is 6.92 Å². The first-order valence-electron chi connectivity index (χ1n) is 5.92. The van der Waals surface area contributed by atoms with Gasteiger partial charge < -0.3 is 9.47 Å². The molecule has 1 aliphatic rings. The minimum Gasteiger partial charge on any atom is -0.475 e. The Bertz CT molecular complexity index is 392. The predicted octanol–water partition coefficient (Wildman–Crippen LogP) is 2.69. The predicted molar refractivity (Wildman–Crippen MR) is 65.6 cm³/mol. The van der Waals surface area contributed by atoms with Crippen molar-refractivity contribution in [3.8, 4) is 5.88 Å². The third-order valence-electron chi connectivity index (χ3n) is 2.83. The van der Waals surface area contributed by atoms with E-state index in [1.54, 1.807) is 6.92 Å². The Hall–Kier alpha value is -0.870. The van der Waals surface area contributed by atoms with Crippen LogP contribution >= 0.6 is 11.6 Å². The largest absolute Gasteiger partial charge is 0.475 e. The monoisotopic (exact) mass is 256 g/mol. The third-order valence-corrected chi connectivity index (χ3v) is 3.20. The second kappa shape index (κ2) is 5.65. The number of aryl methyl sites for hydroxylation is 1. The van der Waals surface area contributed by atoms with Crippen molar-refractivity contribution >= 4 is 11.6 Å². The number of nitrogens with zero attached hydrogens (tertiary/aromatic N) is 2. The molecule has 1 fully saturated rings. The SMILES string of the molecule is Cc1nc(Cl)c(C)c(OCC2CCCCO2)n1. The lowest BCUT2D eigenvalue weighted by Gasteiger charge is -2.22. The third kappa shape index (κ3) is 3.30. The highest BCUT2D eigenvalue weighted by atomic mass is 35.5. The summed E-state index contributed by atoms with van der Waals surface area (Å²) in [5.41, 5.74) is 0.785. The number of halogens is 1. The van der Waals surface area contributed by atoms with E-state index in [0.717, 1.165) is 25.0 Å². The molecule has 1 saturated heterocycles. The molecule has 0 amide bonds. The maximum atomic E-state index is 5.98. The fraction of sp³-hybridized carbons (Fsp3) is 0.667. The normalized spacial score (nSPS) is 20.3. The maximum Gasteiger partial charge on any atom is 0.221 e. The lowest BCUT2D eigenvalue weighted by molar-refractivity contribution is -0.0121. The molecule has 1 aromatic rings. The summed E-state index contributed by atoms with van der Waals surface area (Å²) in [4.78, 5) is 8.32. The summed E-state index contributed by atoms with van der Waals surface area (Å²) in [5.74, 6) is 1.19. The van der Waals surface area contributed by atoms with E-state index in [2.05, 4.69) is 9.97 Å². The lowest BCUT2D eigenvalue weighted by atomic mass is 10.1. The first-order valence-corrected chi connectivity index (χ1v) is 6.30. The maximum absolute atomic E-state index is 5.98. The molecule has 0 bridgehead atoms. The van der Waals surface area contributed by atoms with Crippen LogP contribution in [-0.2, 0) is 4.74 Å². The summed E-state index contributed by atoms with van der Waals surface area (Å²) in [7, 11) is 0. The Morgan fingerprint density at radius 3 is 2.88 bits per heavy atom. The average Bonchev–Trinajstić information content (AvgIpc) is 2.33. The van der Waals surface area contributed by atoms with Gasteiger partial charge in [0.1, 0.15) is 17.6 Å². The second-order valence-electron chi connectivity index (χ2n) is 4.29. The second-order valence-corrected chi connectivity index (χ2v) is 4.65. The summed E-state index contributed by atoms with van der Waals surface area (Å²) >= 11 is 5.98. The molecular formula is C12H17ClN2O2. The van der Waals surface area contributed by atoms with Gasteiger partial charge in [-0.15, -0.1) is 0 Å². The average molecular weight is 257 g/mol. The first-order chi connectivity index (χ1) is 8.16. The Balaban J connectivity index is 1.98. The van der Waals surface area contributed by atoms with Crippen molar-refractivity contribution in [3.05, 3.63) is 16.5 Å². The van der Waals surface area contributed by atoms with E-state index in [4.69, 9.17) is 21.1 Å². The van der Waals surface area contributed by atoms with Crippen LogP contribution in [0.25, 0.3) is 0 Å². The lowest BCUT2D eigenvalue weighted by Crippen LogP contribution is -2.26. The van der Waals surface area contributed by atoms with Gasteiger partial charge in [0, 0.05) is 12.2 Å². The van der Waals surface area contributed by atoms with E-state index >= 15 is 0 Å². The van der Waals surface area contributed by atoms with Crippen LogP contribution in [0.4, 0.5) is 0 Å². The zero-order valence-corrected chi connectivity index (χ0v) is 11.0. The molecule has 0 saturated carbocycles. The van der Waals surface area contributed by atoms with Crippen LogP contribution in [0.1, 0.15) is 30.7 Å². The fourth-order valence-electron chi connectivity index (χ4n) is 1.82. The molecular weight excluding hydrogens is 240 g/mol. The summed E-state index contributed by atoms with van der Waals surface area (Å²) in [6.07, 6.45) is 3.58. The number of ether oxygens (including phenoxy) is 2. The van der Waals surface area contributed by atoms with Crippen LogP contribution in [0, 0.1) is 13.8 Å². The van der Waals surface area contributed by atoms with Gasteiger partial charge in [0.2, 0.25) is 5.88 Å². The first kappa shape index (κ1) is 12.6. The summed E-state index contributed by atoms with van der Waals surface area (Å²) in [6.45, 7) is 5.03. The van der Waals surface area contributed by atoms with Crippen molar-refractivity contribution in [1.29, 1.82) is 0 Å². The highest BCUT2D eigenvalue weighted by Gasteiger charge is 2.16. The quantitative estimate of drug-likeness (QED) is 0.780. The Kier molecular flexibility index (Phi) is 4.18. The summed E-state index contributed by atoms with van der Waals surface area (Å²) in [6, 6.07) is 0. The van der Waals surface area contributed by atoms with E-state index in [9.17, 15) is 0 Å². The number of hydrogen-bond donors (Lipinski definition) is 0. The highest BCUT2D eigenvalue weighted by molar-refractivity contribution is 6.30. The minimum atomic E-state index is 0.178. The standard InChI is InChI=1S/C12H17ClN2O2/c1-8-11(13)14-9(2)15-12(8)17-7-10-5-3-4-6-16-10/h10H,3-7H2,1-2H3. The summed E-state index contributed by atoms with van der Waals surface area (Å²) in [5, 5.41) is 0.456. The Morgan fingerprint density at radius 2 is 2.18 bits per heavy atom. The van der Waals surface area contributed by atoms with Crippen LogP contribution < -0.4 is 4.74 Å². The Labute approximate surface area is 106 Å². The van der Waals surface area contributed by atoms with Gasteiger partial charge in [-0.25, -0.2) is 4.98 Å². The molecule has 5 heteroatoms. The van der Waals surface area contributed by atoms with Crippen LogP contribution in [0.15, 0.2) is 0 Å². The van der Waals surface area contributed by atoms with Crippen LogP contribution in [0.2, 0.25) is 5.15 Å². The van der Waals surface area contributed by atoms with Gasteiger partial charge in [0.25, 0.3) is 0 Å². The molecule has 94 valence electrons. The fourth-order valence-corrected chi connectivity index (χ4v) is 2.02. The van der Waals surface area contributed by atoms with Crippen molar-refractivity contribution in [2.45, 2.75) is 39.2 Å². The molecule has 0 aliphatic carbocycles. The van der Waals surface area contributed by atoms with Gasteiger partial charge in [0.15, 0.2) is 0 Å². The molecule has 1 aliphatic heterocycles. The smallest absolute Gasteiger partial charge is 0.221 e. The van der Waals surface area contributed by atoms with E-state index in [-0.39, 0.29) is 6.10 Å². The van der Waals surface area contributed by atoms with Gasteiger partial charge >= 0.3 is 0 Å². The van der Waals surface area contributed by atoms with Crippen molar-refractivity contribution in [1.82, 2.24) is 9.97 Å². The zero-order valence-electron chi connectivity index (χ0n) is 10.2. The van der Waals surface area contributed by atoms with E-state index in [1.165, 1.54) is 6.42 Å². The van der Waals surface area contributed by atoms with Gasteiger partial charge in [0.05, 0.1) is 6.10 Å². The van der Waals surface area contributed by atoms with Crippen LogP contribution in [0.3, 0.4) is 0 Å². The molecule has 0 spiro atoms. The van der Waals surface area contributed by atoms with Gasteiger partial charge in [-0.3, -0.25) is 0 Å². The number of rotatable bonds is 3. The minimum absolute atomic E-state index is 0.178. The molecule has 0 aromatic carbocycles. The molecule has 17 heavy (non-hydrogen) atoms. The molecule has 2 rings (SSSR count). The van der Waals surface area contributed by atoms with Crippen molar-refractivity contribution in [3.63, 3.8) is 0 Å². The Morgan fingerprint density at radius 1 is 1.35 bits per heavy atom. The van der Waals surface area contributed by atoms with Gasteiger partial charge in [-0.05, 0) is 33.1 Å². The van der Waals surface area contributed by atoms with Gasteiger partial charge in [-0.1, -0.05) is 11.6 Å². The van der Waals surface area contributed by atoms with E-state index < -0.39 is 0 Å².